The molecular weight excluding hydrogens is 332 g/mol. The van der Waals surface area contributed by atoms with Gasteiger partial charge in [-0.1, -0.05) is 66.7 Å². The number of carbonyl (C=O) groups is 1. The lowest BCUT2D eigenvalue weighted by Crippen LogP contribution is -2.36. The zero-order valence-electron chi connectivity index (χ0n) is 14.8. The highest BCUT2D eigenvalue weighted by Gasteiger charge is 2.30. The van der Waals surface area contributed by atoms with Gasteiger partial charge in [0.1, 0.15) is 0 Å². The van der Waals surface area contributed by atoms with Gasteiger partial charge in [0.2, 0.25) is 0 Å². The van der Waals surface area contributed by atoms with Crippen molar-refractivity contribution in [2.75, 3.05) is 11.4 Å². The van der Waals surface area contributed by atoms with Crippen molar-refractivity contribution in [3.63, 3.8) is 0 Å². The van der Waals surface area contributed by atoms with Gasteiger partial charge in [0.15, 0.2) is 0 Å². The summed E-state index contributed by atoms with van der Waals surface area (Å²) in [5.41, 5.74) is 4.74. The molecule has 4 rings (SSSR count). The first-order chi connectivity index (χ1) is 13.3. The van der Waals surface area contributed by atoms with Crippen molar-refractivity contribution in [1.29, 1.82) is 5.26 Å². The molecule has 27 heavy (non-hydrogen) atoms. The molecule has 1 amide bonds. The van der Waals surface area contributed by atoms with E-state index in [-0.39, 0.29) is 5.91 Å². The lowest BCUT2D eigenvalue weighted by atomic mass is 9.87. The SMILES string of the molecule is N#Cc1ccccc1C1=C(c2ccccc2)CCN(c2ccccc2)C1=O. The molecule has 0 N–H and O–H groups in total. The highest BCUT2D eigenvalue weighted by Crippen LogP contribution is 2.37. The first kappa shape index (κ1) is 16.8. The molecule has 0 aliphatic carbocycles. The van der Waals surface area contributed by atoms with Gasteiger partial charge >= 0.3 is 0 Å². The van der Waals surface area contributed by atoms with Crippen molar-refractivity contribution in [3.05, 3.63) is 102 Å². The Hall–Kier alpha value is -3.64. The number of para-hydroxylation sites is 1. The number of hydrogen-bond acceptors (Lipinski definition) is 2. The van der Waals surface area contributed by atoms with E-state index in [1.807, 2.05) is 78.9 Å². The minimum atomic E-state index is -0.0611. The number of nitrogens with zero attached hydrogens (tertiary/aromatic N) is 2. The molecule has 3 heteroatoms. The summed E-state index contributed by atoms with van der Waals surface area (Å²) in [4.78, 5) is 15.3. The van der Waals surface area contributed by atoms with Crippen LogP contribution in [0, 0.1) is 11.3 Å². The van der Waals surface area contributed by atoms with Crippen molar-refractivity contribution in [3.8, 4) is 6.07 Å². The van der Waals surface area contributed by atoms with E-state index in [1.54, 1.807) is 11.0 Å². The van der Waals surface area contributed by atoms with Crippen LogP contribution in [-0.2, 0) is 4.79 Å². The molecular formula is C24H18N2O. The van der Waals surface area contributed by atoms with E-state index in [4.69, 9.17) is 0 Å². The van der Waals surface area contributed by atoms with Gasteiger partial charge in [0.05, 0.1) is 17.2 Å². The van der Waals surface area contributed by atoms with Gasteiger partial charge in [-0.25, -0.2) is 0 Å². The van der Waals surface area contributed by atoms with Crippen LogP contribution in [0.4, 0.5) is 5.69 Å². The Morgan fingerprint density at radius 3 is 2.15 bits per heavy atom. The molecule has 0 fully saturated rings. The molecule has 1 heterocycles. The Kier molecular flexibility index (Phi) is 4.55. The summed E-state index contributed by atoms with van der Waals surface area (Å²) in [6, 6.07) is 29.2. The van der Waals surface area contributed by atoms with Crippen molar-refractivity contribution in [2.45, 2.75) is 6.42 Å². The fourth-order valence-electron chi connectivity index (χ4n) is 3.57. The number of amides is 1. The van der Waals surface area contributed by atoms with Gasteiger partial charge < -0.3 is 4.90 Å². The summed E-state index contributed by atoms with van der Waals surface area (Å²) in [6.07, 6.45) is 0.736. The summed E-state index contributed by atoms with van der Waals surface area (Å²) < 4.78 is 0. The minimum absolute atomic E-state index is 0.0611. The lowest BCUT2D eigenvalue weighted by molar-refractivity contribution is -0.113. The van der Waals surface area contributed by atoms with Gasteiger partial charge in [0, 0.05) is 17.8 Å². The van der Waals surface area contributed by atoms with Crippen LogP contribution in [0.5, 0.6) is 0 Å². The minimum Gasteiger partial charge on any atom is -0.308 e. The van der Waals surface area contributed by atoms with Gasteiger partial charge in [-0.2, -0.15) is 5.26 Å². The number of anilines is 1. The van der Waals surface area contributed by atoms with Crippen molar-refractivity contribution in [1.82, 2.24) is 0 Å². The molecule has 3 aromatic carbocycles. The predicted molar refractivity (Wildman–Crippen MR) is 108 cm³/mol. The second-order valence-corrected chi connectivity index (χ2v) is 6.42. The first-order valence-electron chi connectivity index (χ1n) is 8.94. The Bertz CT molecular complexity index is 1050. The normalized spacial score (nSPS) is 14.2. The predicted octanol–water partition coefficient (Wildman–Crippen LogP) is 4.91. The van der Waals surface area contributed by atoms with E-state index in [0.29, 0.717) is 23.2 Å². The largest absolute Gasteiger partial charge is 0.308 e. The molecule has 0 atom stereocenters. The molecule has 0 spiro atoms. The molecule has 1 aliphatic rings. The Labute approximate surface area is 158 Å². The molecule has 3 nitrogen and oxygen atoms in total. The fraction of sp³-hybridized carbons (Fsp3) is 0.0833. The third-order valence-electron chi connectivity index (χ3n) is 4.85. The number of benzene rings is 3. The van der Waals surface area contributed by atoms with Gasteiger partial charge in [-0.05, 0) is 35.8 Å². The quantitative estimate of drug-likeness (QED) is 0.674. The standard InChI is InChI=1S/C24H18N2O/c25-17-19-11-7-8-14-21(19)23-22(18-9-3-1-4-10-18)15-16-26(24(23)27)20-12-5-2-6-13-20/h1-14H,15-16H2. The van der Waals surface area contributed by atoms with Crippen LogP contribution in [-0.4, -0.2) is 12.5 Å². The summed E-state index contributed by atoms with van der Waals surface area (Å²) in [6.45, 7) is 0.616. The van der Waals surface area contributed by atoms with Crippen LogP contribution in [0.2, 0.25) is 0 Å². The maximum absolute atomic E-state index is 13.5. The van der Waals surface area contributed by atoms with Crippen LogP contribution in [0.25, 0.3) is 11.1 Å². The average molecular weight is 350 g/mol. The van der Waals surface area contributed by atoms with E-state index in [1.165, 1.54) is 0 Å². The molecule has 0 radical (unpaired) electrons. The second-order valence-electron chi connectivity index (χ2n) is 6.42. The average Bonchev–Trinajstić information content (AvgIpc) is 2.75. The maximum Gasteiger partial charge on any atom is 0.259 e. The molecule has 130 valence electrons. The van der Waals surface area contributed by atoms with E-state index in [9.17, 15) is 10.1 Å². The van der Waals surface area contributed by atoms with Gasteiger partial charge in [-0.3, -0.25) is 4.79 Å². The summed E-state index contributed by atoms with van der Waals surface area (Å²) in [5, 5.41) is 9.58. The zero-order chi connectivity index (χ0) is 18.6. The molecule has 1 aliphatic heterocycles. The maximum atomic E-state index is 13.5. The molecule has 0 unspecified atom stereocenters. The third kappa shape index (κ3) is 3.14. The molecule has 0 saturated heterocycles. The van der Waals surface area contributed by atoms with E-state index in [0.717, 1.165) is 23.2 Å². The highest BCUT2D eigenvalue weighted by atomic mass is 16.2. The topological polar surface area (TPSA) is 44.1 Å². The van der Waals surface area contributed by atoms with Crippen molar-refractivity contribution >= 4 is 22.7 Å². The van der Waals surface area contributed by atoms with E-state index in [2.05, 4.69) is 6.07 Å². The summed E-state index contributed by atoms with van der Waals surface area (Å²) in [7, 11) is 0. The number of nitriles is 1. The van der Waals surface area contributed by atoms with Crippen LogP contribution in [0.3, 0.4) is 0 Å². The summed E-state index contributed by atoms with van der Waals surface area (Å²) >= 11 is 0. The van der Waals surface area contributed by atoms with E-state index < -0.39 is 0 Å². The molecule has 0 bridgehead atoms. The Balaban J connectivity index is 1.92. The van der Waals surface area contributed by atoms with Crippen LogP contribution in [0.15, 0.2) is 84.9 Å². The number of rotatable bonds is 3. The highest BCUT2D eigenvalue weighted by molar-refractivity contribution is 6.33. The second kappa shape index (κ2) is 7.31. The third-order valence-corrected chi connectivity index (χ3v) is 4.85. The molecule has 3 aromatic rings. The molecule has 0 aromatic heterocycles. The summed E-state index contributed by atoms with van der Waals surface area (Å²) in [5.74, 6) is -0.0611. The molecule has 0 saturated carbocycles. The van der Waals surface area contributed by atoms with Crippen LogP contribution in [0.1, 0.15) is 23.1 Å². The van der Waals surface area contributed by atoms with Crippen molar-refractivity contribution < 1.29 is 4.79 Å². The lowest BCUT2D eigenvalue weighted by Gasteiger charge is -2.31. The Morgan fingerprint density at radius 1 is 0.815 bits per heavy atom. The first-order valence-corrected chi connectivity index (χ1v) is 8.94. The van der Waals surface area contributed by atoms with Gasteiger partial charge in [-0.15, -0.1) is 0 Å². The van der Waals surface area contributed by atoms with Gasteiger partial charge in [0.25, 0.3) is 5.91 Å². The fourth-order valence-corrected chi connectivity index (χ4v) is 3.57. The van der Waals surface area contributed by atoms with Crippen molar-refractivity contribution in [2.24, 2.45) is 0 Å². The number of hydrogen-bond donors (Lipinski definition) is 0. The van der Waals surface area contributed by atoms with Crippen LogP contribution >= 0.6 is 0 Å². The zero-order valence-corrected chi connectivity index (χ0v) is 14.8. The van der Waals surface area contributed by atoms with E-state index >= 15 is 0 Å². The monoisotopic (exact) mass is 350 g/mol. The Morgan fingerprint density at radius 2 is 1.44 bits per heavy atom. The number of carbonyl (C=O) groups excluding carboxylic acids is 1. The van der Waals surface area contributed by atoms with Crippen LogP contribution < -0.4 is 4.90 Å². The smallest absolute Gasteiger partial charge is 0.259 e.